The molecule has 3 rings (SSSR count). The molecule has 2 aliphatic heterocycles. The molecule has 11 nitrogen and oxygen atoms in total. The lowest BCUT2D eigenvalue weighted by atomic mass is 9.74. The first kappa shape index (κ1) is 31.0. The van der Waals surface area contributed by atoms with E-state index >= 15 is 0 Å². The van der Waals surface area contributed by atoms with Gasteiger partial charge in [-0.1, -0.05) is 18.3 Å². The van der Waals surface area contributed by atoms with Crippen LogP contribution in [-0.4, -0.2) is 99.6 Å². The van der Waals surface area contributed by atoms with Crippen molar-refractivity contribution in [3.05, 3.63) is 0 Å². The summed E-state index contributed by atoms with van der Waals surface area (Å²) in [6.45, 7) is 8.41. The first-order valence-corrected chi connectivity index (χ1v) is 13.8. The number of amides is 3. The summed E-state index contributed by atoms with van der Waals surface area (Å²) in [5.41, 5.74) is -0.525. The van der Waals surface area contributed by atoms with E-state index in [4.69, 9.17) is 23.7 Å². The Labute approximate surface area is 230 Å². The van der Waals surface area contributed by atoms with Crippen LogP contribution in [0, 0.1) is 29.6 Å². The summed E-state index contributed by atoms with van der Waals surface area (Å²) in [5.74, 6) is 5.20. The number of carbonyl (C=O) groups excluding carboxylic acids is 4. The molecule has 0 spiro atoms. The highest BCUT2D eigenvalue weighted by atomic mass is 16.6. The number of fused-ring (bicyclic) bond motifs is 1. The summed E-state index contributed by atoms with van der Waals surface area (Å²) < 4.78 is 26.8. The number of ether oxygens (including phenoxy) is 5. The average Bonchev–Trinajstić information content (AvgIpc) is 3.20. The number of likely N-dealkylation sites (tertiary alicyclic amines) is 1. The fourth-order valence-corrected chi connectivity index (χ4v) is 5.20. The first-order valence-electron chi connectivity index (χ1n) is 13.8. The Morgan fingerprint density at radius 3 is 2.28 bits per heavy atom. The first-order chi connectivity index (χ1) is 18.7. The zero-order valence-electron chi connectivity index (χ0n) is 23.3. The van der Waals surface area contributed by atoms with Gasteiger partial charge in [0.25, 0.3) is 0 Å². The molecule has 4 unspecified atom stereocenters. The summed E-state index contributed by atoms with van der Waals surface area (Å²) >= 11 is 0. The van der Waals surface area contributed by atoms with E-state index in [0.717, 1.165) is 19.3 Å². The fourth-order valence-electron chi connectivity index (χ4n) is 5.20. The van der Waals surface area contributed by atoms with Crippen molar-refractivity contribution in [3.63, 3.8) is 0 Å². The van der Waals surface area contributed by atoms with Crippen LogP contribution in [0.3, 0.4) is 0 Å². The monoisotopic (exact) mass is 550 g/mol. The van der Waals surface area contributed by atoms with Gasteiger partial charge in [-0.15, -0.1) is 0 Å². The van der Waals surface area contributed by atoms with Crippen molar-refractivity contribution in [2.45, 2.75) is 64.5 Å². The lowest BCUT2D eigenvalue weighted by Gasteiger charge is -2.30. The fraction of sp³-hybridized carbons (Fsp3) is 0.786. The Kier molecular flexibility index (Phi) is 12.2. The van der Waals surface area contributed by atoms with Crippen molar-refractivity contribution in [2.75, 3.05) is 59.4 Å². The predicted octanol–water partition coefficient (Wildman–Crippen LogP) is 1.08. The molecule has 2 heterocycles. The van der Waals surface area contributed by atoms with E-state index in [1.54, 1.807) is 25.7 Å². The molecule has 218 valence electrons. The van der Waals surface area contributed by atoms with Crippen LogP contribution in [0.4, 0.5) is 0 Å². The SMILES string of the molecule is CC(C)(C)OC(=O)COCCOCCOCCOCC#CC1CCCC2CN(C3CCC(=O)NC3=O)C(=O)C12. The second-order valence-electron chi connectivity index (χ2n) is 11.0. The van der Waals surface area contributed by atoms with Crippen molar-refractivity contribution in [1.82, 2.24) is 10.2 Å². The number of nitrogens with one attached hydrogen (secondary N) is 1. The van der Waals surface area contributed by atoms with Gasteiger partial charge < -0.3 is 28.6 Å². The zero-order chi connectivity index (χ0) is 28.3. The largest absolute Gasteiger partial charge is 0.458 e. The molecule has 1 saturated carbocycles. The molecule has 1 N–H and O–H groups in total. The Balaban J connectivity index is 1.23. The van der Waals surface area contributed by atoms with Crippen LogP contribution in [0.5, 0.6) is 0 Å². The number of piperidine rings is 1. The van der Waals surface area contributed by atoms with Crippen molar-refractivity contribution in [1.29, 1.82) is 0 Å². The van der Waals surface area contributed by atoms with Gasteiger partial charge in [-0.25, -0.2) is 4.79 Å². The minimum absolute atomic E-state index is 0.0142. The third-order valence-corrected chi connectivity index (χ3v) is 6.83. The Bertz CT molecular complexity index is 920. The standard InChI is InChI=1S/C28H42N2O9/c1-28(2,3)39-24(32)19-38-17-16-37-15-14-36-13-12-35-11-5-8-20-6-4-7-21-18-30(27(34)25(20)21)22-9-10-23(31)29-26(22)33/h20-22,25H,4,6-7,9-19H2,1-3H3,(H,29,31,33). The Morgan fingerprint density at radius 1 is 0.949 bits per heavy atom. The van der Waals surface area contributed by atoms with E-state index in [1.165, 1.54) is 0 Å². The van der Waals surface area contributed by atoms with Crippen LogP contribution in [0.2, 0.25) is 0 Å². The van der Waals surface area contributed by atoms with Crippen LogP contribution in [0.15, 0.2) is 0 Å². The van der Waals surface area contributed by atoms with Crippen molar-refractivity contribution >= 4 is 23.7 Å². The molecule has 2 saturated heterocycles. The zero-order valence-corrected chi connectivity index (χ0v) is 23.3. The van der Waals surface area contributed by atoms with E-state index in [1.807, 2.05) is 0 Å². The minimum atomic E-state index is -0.555. The van der Waals surface area contributed by atoms with E-state index in [0.29, 0.717) is 52.6 Å². The second kappa shape index (κ2) is 15.3. The molecule has 4 atom stereocenters. The van der Waals surface area contributed by atoms with Crippen LogP contribution in [-0.2, 0) is 42.9 Å². The quantitative estimate of drug-likeness (QED) is 0.155. The molecule has 3 fully saturated rings. The van der Waals surface area contributed by atoms with Crippen LogP contribution < -0.4 is 5.32 Å². The van der Waals surface area contributed by atoms with Crippen LogP contribution >= 0.6 is 0 Å². The molecule has 39 heavy (non-hydrogen) atoms. The van der Waals surface area contributed by atoms with Gasteiger partial charge in [0.1, 0.15) is 24.9 Å². The summed E-state index contributed by atoms with van der Waals surface area (Å²) in [6, 6.07) is -0.555. The van der Waals surface area contributed by atoms with Crippen LogP contribution in [0.1, 0.15) is 52.9 Å². The van der Waals surface area contributed by atoms with E-state index in [-0.39, 0.29) is 55.1 Å². The molecule has 0 bridgehead atoms. The molecular weight excluding hydrogens is 508 g/mol. The highest BCUT2D eigenvalue weighted by molar-refractivity contribution is 6.02. The average molecular weight is 551 g/mol. The minimum Gasteiger partial charge on any atom is -0.458 e. The number of hydrogen-bond donors (Lipinski definition) is 1. The normalized spacial score (nSPS) is 25.1. The van der Waals surface area contributed by atoms with Gasteiger partial charge in [-0.05, 0) is 46.0 Å². The molecule has 0 aromatic carbocycles. The Morgan fingerprint density at radius 2 is 1.62 bits per heavy atom. The third-order valence-electron chi connectivity index (χ3n) is 6.83. The lowest BCUT2D eigenvalue weighted by Crippen LogP contribution is -2.53. The highest BCUT2D eigenvalue weighted by Crippen LogP contribution is 2.42. The van der Waals surface area contributed by atoms with E-state index < -0.39 is 17.6 Å². The van der Waals surface area contributed by atoms with Gasteiger partial charge >= 0.3 is 5.97 Å². The number of hydrogen-bond acceptors (Lipinski definition) is 9. The summed E-state index contributed by atoms with van der Waals surface area (Å²) in [7, 11) is 0. The number of rotatable bonds is 13. The van der Waals surface area contributed by atoms with Gasteiger partial charge in [0.2, 0.25) is 17.7 Å². The van der Waals surface area contributed by atoms with E-state index in [9.17, 15) is 19.2 Å². The number of imide groups is 1. The van der Waals surface area contributed by atoms with Crippen LogP contribution in [0.25, 0.3) is 0 Å². The van der Waals surface area contributed by atoms with Gasteiger partial charge in [0.15, 0.2) is 0 Å². The maximum atomic E-state index is 13.2. The van der Waals surface area contributed by atoms with E-state index in [2.05, 4.69) is 17.2 Å². The molecule has 0 aromatic rings. The topological polar surface area (TPSA) is 130 Å². The lowest BCUT2D eigenvalue weighted by molar-refractivity contribution is -0.160. The number of nitrogens with zero attached hydrogens (tertiary/aromatic N) is 1. The molecule has 0 aromatic heterocycles. The predicted molar refractivity (Wildman–Crippen MR) is 139 cm³/mol. The van der Waals surface area contributed by atoms with Crippen molar-refractivity contribution in [3.8, 4) is 11.8 Å². The molecule has 1 aliphatic carbocycles. The maximum Gasteiger partial charge on any atom is 0.332 e. The maximum absolute atomic E-state index is 13.2. The van der Waals surface area contributed by atoms with Crippen molar-refractivity contribution in [2.24, 2.45) is 17.8 Å². The molecule has 3 amide bonds. The Hall–Kier alpha value is -2.52. The number of carbonyl (C=O) groups is 4. The van der Waals surface area contributed by atoms with Crippen molar-refractivity contribution < 1.29 is 42.9 Å². The van der Waals surface area contributed by atoms with Gasteiger partial charge in [-0.2, -0.15) is 0 Å². The van der Waals surface area contributed by atoms with Gasteiger partial charge in [0.05, 0.1) is 45.6 Å². The number of esters is 1. The molecule has 3 aliphatic rings. The third kappa shape index (κ3) is 10.2. The molecular formula is C28H42N2O9. The van der Waals surface area contributed by atoms with Gasteiger partial charge in [-0.3, -0.25) is 19.7 Å². The summed E-state index contributed by atoms with van der Waals surface area (Å²) in [5, 5.41) is 2.36. The molecule has 11 heteroatoms. The summed E-state index contributed by atoms with van der Waals surface area (Å²) in [6.07, 6.45) is 3.47. The molecule has 0 radical (unpaired) electrons. The highest BCUT2D eigenvalue weighted by Gasteiger charge is 2.49. The second-order valence-corrected chi connectivity index (χ2v) is 11.0. The smallest absolute Gasteiger partial charge is 0.332 e. The summed E-state index contributed by atoms with van der Waals surface area (Å²) in [4.78, 5) is 50.1. The van der Waals surface area contributed by atoms with Gasteiger partial charge in [0, 0.05) is 18.9 Å².